The maximum Gasteiger partial charge on any atom is 0.320 e. The highest BCUT2D eigenvalue weighted by molar-refractivity contribution is 5.73. The van der Waals surface area contributed by atoms with E-state index in [4.69, 9.17) is 5.11 Å². The van der Waals surface area contributed by atoms with E-state index in [0.29, 0.717) is 12.5 Å². The Bertz CT molecular complexity index is 136. The zero-order valence-electron chi connectivity index (χ0n) is 8.13. The first-order valence-corrected chi connectivity index (χ1v) is 4.57. The fraction of sp³-hybridized carbons (Fsp3) is 0.889. The Kier molecular flexibility index (Phi) is 5.72. The molecule has 2 unspecified atom stereocenters. The van der Waals surface area contributed by atoms with Gasteiger partial charge in [-0.25, -0.2) is 0 Å². The van der Waals surface area contributed by atoms with Crippen LogP contribution >= 0.6 is 0 Å². The lowest BCUT2D eigenvalue weighted by atomic mass is 9.99. The van der Waals surface area contributed by atoms with Crippen molar-refractivity contribution in [2.75, 3.05) is 6.54 Å². The Hall–Kier alpha value is -0.570. The summed E-state index contributed by atoms with van der Waals surface area (Å²) in [6, 6.07) is -0.370. The van der Waals surface area contributed by atoms with Crippen molar-refractivity contribution in [1.82, 2.24) is 5.32 Å². The van der Waals surface area contributed by atoms with Crippen LogP contribution in [0.25, 0.3) is 0 Å². The van der Waals surface area contributed by atoms with Crippen LogP contribution < -0.4 is 5.32 Å². The number of carboxylic acids is 1. The number of carboxylic acid groups (broad SMARTS) is 1. The lowest BCUT2D eigenvalue weighted by Gasteiger charge is -2.16. The maximum absolute atomic E-state index is 10.7. The molecule has 0 amide bonds. The lowest BCUT2D eigenvalue weighted by molar-refractivity contribution is -0.139. The lowest BCUT2D eigenvalue weighted by Crippen LogP contribution is -2.37. The highest BCUT2D eigenvalue weighted by Crippen LogP contribution is 2.09. The summed E-state index contributed by atoms with van der Waals surface area (Å²) in [4.78, 5) is 10.7. The first-order valence-electron chi connectivity index (χ1n) is 4.57. The van der Waals surface area contributed by atoms with Gasteiger partial charge in [0.05, 0.1) is 0 Å². The molecule has 0 aliphatic carbocycles. The van der Waals surface area contributed by atoms with Gasteiger partial charge in [0, 0.05) is 0 Å². The van der Waals surface area contributed by atoms with E-state index in [1.54, 1.807) is 0 Å². The normalized spacial score (nSPS) is 15.6. The summed E-state index contributed by atoms with van der Waals surface area (Å²) in [6.07, 6.45) is 1.76. The minimum absolute atomic E-state index is 0.370. The van der Waals surface area contributed by atoms with E-state index in [1.807, 2.05) is 6.92 Å². The summed E-state index contributed by atoms with van der Waals surface area (Å²) in [5, 5.41) is 11.7. The number of hydrogen-bond acceptors (Lipinski definition) is 2. The predicted octanol–water partition coefficient (Wildman–Crippen LogP) is 1.49. The third kappa shape index (κ3) is 4.34. The van der Waals surface area contributed by atoms with E-state index in [1.165, 1.54) is 0 Å². The van der Waals surface area contributed by atoms with Crippen molar-refractivity contribution in [3.63, 3.8) is 0 Å². The highest BCUT2D eigenvalue weighted by Gasteiger charge is 2.17. The van der Waals surface area contributed by atoms with Crippen LogP contribution in [0.3, 0.4) is 0 Å². The van der Waals surface area contributed by atoms with Crippen molar-refractivity contribution in [1.29, 1.82) is 0 Å². The zero-order valence-corrected chi connectivity index (χ0v) is 8.13. The molecule has 0 aromatic rings. The van der Waals surface area contributed by atoms with Crippen LogP contribution in [0.4, 0.5) is 0 Å². The van der Waals surface area contributed by atoms with Crippen molar-refractivity contribution in [2.45, 2.75) is 39.7 Å². The summed E-state index contributed by atoms with van der Waals surface area (Å²) in [5.41, 5.74) is 0. The van der Waals surface area contributed by atoms with Crippen molar-refractivity contribution >= 4 is 5.97 Å². The highest BCUT2D eigenvalue weighted by atomic mass is 16.4. The molecule has 0 saturated heterocycles. The minimum Gasteiger partial charge on any atom is -0.480 e. The second kappa shape index (κ2) is 6.00. The quantitative estimate of drug-likeness (QED) is 0.639. The van der Waals surface area contributed by atoms with Crippen molar-refractivity contribution in [3.8, 4) is 0 Å². The molecule has 0 bridgehead atoms. The summed E-state index contributed by atoms with van der Waals surface area (Å²) in [6.45, 7) is 6.79. The molecule has 3 heteroatoms. The molecular formula is C9H19NO2. The van der Waals surface area contributed by atoms with E-state index in [0.717, 1.165) is 12.8 Å². The van der Waals surface area contributed by atoms with Gasteiger partial charge in [0.15, 0.2) is 0 Å². The van der Waals surface area contributed by atoms with Crippen LogP contribution in [-0.2, 0) is 4.79 Å². The number of hydrogen-bond donors (Lipinski definition) is 2. The van der Waals surface area contributed by atoms with Crippen molar-refractivity contribution < 1.29 is 9.90 Å². The first kappa shape index (κ1) is 11.4. The Labute approximate surface area is 74.2 Å². The third-order valence-electron chi connectivity index (χ3n) is 2.08. The molecule has 12 heavy (non-hydrogen) atoms. The van der Waals surface area contributed by atoms with Gasteiger partial charge in [0.1, 0.15) is 6.04 Å². The molecule has 2 atom stereocenters. The van der Waals surface area contributed by atoms with E-state index in [-0.39, 0.29) is 6.04 Å². The number of carbonyl (C=O) groups is 1. The number of likely N-dealkylation sites (N-methyl/N-ethyl adjacent to an activating group) is 1. The maximum atomic E-state index is 10.7. The van der Waals surface area contributed by atoms with Crippen LogP contribution in [-0.4, -0.2) is 23.7 Å². The van der Waals surface area contributed by atoms with Crippen LogP contribution in [0.15, 0.2) is 0 Å². The van der Waals surface area contributed by atoms with Gasteiger partial charge >= 0.3 is 5.97 Å². The number of aliphatic carboxylic acids is 1. The molecule has 0 spiro atoms. The van der Waals surface area contributed by atoms with Crippen molar-refractivity contribution in [3.05, 3.63) is 0 Å². The average molecular weight is 173 g/mol. The number of rotatable bonds is 6. The van der Waals surface area contributed by atoms with Crippen LogP contribution in [0, 0.1) is 5.92 Å². The molecule has 0 aromatic carbocycles. The van der Waals surface area contributed by atoms with Crippen LogP contribution in [0.5, 0.6) is 0 Å². The fourth-order valence-electron chi connectivity index (χ4n) is 1.09. The SMILES string of the molecule is CCNC(CC(C)CC)C(=O)O. The Morgan fingerprint density at radius 3 is 2.42 bits per heavy atom. The molecule has 0 radical (unpaired) electrons. The fourth-order valence-corrected chi connectivity index (χ4v) is 1.09. The minimum atomic E-state index is -0.739. The Morgan fingerprint density at radius 1 is 1.50 bits per heavy atom. The van der Waals surface area contributed by atoms with E-state index < -0.39 is 5.97 Å². The van der Waals surface area contributed by atoms with Gasteiger partial charge in [-0.3, -0.25) is 4.79 Å². The van der Waals surface area contributed by atoms with Gasteiger partial charge in [-0.2, -0.15) is 0 Å². The van der Waals surface area contributed by atoms with Crippen LogP contribution in [0.2, 0.25) is 0 Å². The Balaban J connectivity index is 3.86. The average Bonchev–Trinajstić information content (AvgIpc) is 2.03. The second-order valence-corrected chi connectivity index (χ2v) is 3.20. The molecule has 0 fully saturated rings. The molecule has 3 nitrogen and oxygen atoms in total. The van der Waals surface area contributed by atoms with Gasteiger partial charge < -0.3 is 10.4 Å². The van der Waals surface area contributed by atoms with Crippen LogP contribution in [0.1, 0.15) is 33.6 Å². The van der Waals surface area contributed by atoms with Crippen molar-refractivity contribution in [2.24, 2.45) is 5.92 Å². The molecule has 0 aromatic heterocycles. The van der Waals surface area contributed by atoms with Gasteiger partial charge in [-0.1, -0.05) is 27.2 Å². The summed E-state index contributed by atoms with van der Waals surface area (Å²) >= 11 is 0. The van der Waals surface area contributed by atoms with E-state index >= 15 is 0 Å². The largest absolute Gasteiger partial charge is 0.480 e. The molecular weight excluding hydrogens is 154 g/mol. The summed E-state index contributed by atoms with van der Waals surface area (Å²) < 4.78 is 0. The predicted molar refractivity (Wildman–Crippen MR) is 49.2 cm³/mol. The van der Waals surface area contributed by atoms with E-state index in [9.17, 15) is 4.79 Å². The standard InChI is InChI=1S/C9H19NO2/c1-4-7(3)6-8(9(11)12)10-5-2/h7-8,10H,4-6H2,1-3H3,(H,11,12). The summed E-state index contributed by atoms with van der Waals surface area (Å²) in [7, 11) is 0. The molecule has 0 saturated carbocycles. The molecule has 0 heterocycles. The van der Waals surface area contributed by atoms with Gasteiger partial charge in [0.25, 0.3) is 0 Å². The molecule has 72 valence electrons. The van der Waals surface area contributed by atoms with E-state index in [2.05, 4.69) is 19.2 Å². The first-order chi connectivity index (χ1) is 5.61. The Morgan fingerprint density at radius 2 is 2.08 bits per heavy atom. The molecule has 0 rings (SSSR count). The molecule has 0 aliphatic rings. The van der Waals surface area contributed by atoms with Gasteiger partial charge in [0.2, 0.25) is 0 Å². The molecule has 2 N–H and O–H groups in total. The topological polar surface area (TPSA) is 49.3 Å². The summed E-state index contributed by atoms with van der Waals surface area (Å²) in [5.74, 6) is -0.262. The molecule has 0 aliphatic heterocycles. The zero-order chi connectivity index (χ0) is 9.56. The monoisotopic (exact) mass is 173 g/mol. The number of nitrogens with one attached hydrogen (secondary N) is 1. The second-order valence-electron chi connectivity index (χ2n) is 3.20. The smallest absolute Gasteiger partial charge is 0.320 e. The van der Waals surface area contributed by atoms with Gasteiger partial charge in [-0.05, 0) is 18.9 Å². The van der Waals surface area contributed by atoms with Gasteiger partial charge in [-0.15, -0.1) is 0 Å². The third-order valence-corrected chi connectivity index (χ3v) is 2.08.